The molecule has 1 aliphatic rings. The number of hydrogen-bond donors (Lipinski definition) is 0. The third kappa shape index (κ3) is 3.51. The van der Waals surface area contributed by atoms with Gasteiger partial charge in [-0.2, -0.15) is 5.10 Å². The summed E-state index contributed by atoms with van der Waals surface area (Å²) in [4.78, 5) is 15.4. The van der Waals surface area contributed by atoms with Gasteiger partial charge in [-0.3, -0.25) is 9.48 Å². The summed E-state index contributed by atoms with van der Waals surface area (Å²) in [7, 11) is 1.86. The van der Waals surface area contributed by atoms with Crippen LogP contribution in [-0.4, -0.2) is 31.3 Å². The van der Waals surface area contributed by atoms with Crippen molar-refractivity contribution in [3.8, 4) is 11.3 Å². The van der Waals surface area contributed by atoms with E-state index in [4.69, 9.17) is 4.52 Å². The molecule has 1 amide bonds. The van der Waals surface area contributed by atoms with Crippen LogP contribution in [0.25, 0.3) is 11.3 Å². The summed E-state index contributed by atoms with van der Waals surface area (Å²) in [5, 5.41) is 8.24. The zero-order valence-electron chi connectivity index (χ0n) is 18.4. The molecule has 2 aromatic heterocycles. The Balaban J connectivity index is 1.54. The highest BCUT2D eigenvalue weighted by molar-refractivity contribution is 5.94. The van der Waals surface area contributed by atoms with Crippen LogP contribution >= 0.6 is 0 Å². The van der Waals surface area contributed by atoms with Crippen molar-refractivity contribution >= 4 is 5.91 Å². The predicted octanol–water partition coefficient (Wildman–Crippen LogP) is 4.92. The lowest BCUT2D eigenvalue weighted by Gasteiger charge is -2.48. The Kier molecular flexibility index (Phi) is 4.88. The highest BCUT2D eigenvalue weighted by Gasteiger charge is 2.45. The second-order valence-corrected chi connectivity index (χ2v) is 8.82. The fourth-order valence-corrected chi connectivity index (χ4v) is 4.71. The molecular formula is C25H22F2N4O2. The van der Waals surface area contributed by atoms with Crippen molar-refractivity contribution in [3.63, 3.8) is 0 Å². The van der Waals surface area contributed by atoms with E-state index in [0.29, 0.717) is 6.54 Å². The van der Waals surface area contributed by atoms with Gasteiger partial charge in [0.15, 0.2) is 11.5 Å². The Morgan fingerprint density at radius 3 is 2.67 bits per heavy atom. The third-order valence-electron chi connectivity index (χ3n) is 6.33. The molecule has 0 fully saturated rings. The maximum atomic E-state index is 14.2. The quantitative estimate of drug-likeness (QED) is 0.446. The van der Waals surface area contributed by atoms with E-state index in [1.54, 1.807) is 9.58 Å². The Morgan fingerprint density at radius 2 is 1.94 bits per heavy atom. The first kappa shape index (κ1) is 21.1. The minimum Gasteiger partial charge on any atom is -0.355 e. The number of nitrogens with zero attached hydrogens (tertiary/aromatic N) is 4. The molecule has 8 heteroatoms. The summed E-state index contributed by atoms with van der Waals surface area (Å²) in [5.74, 6) is -1.85. The molecule has 4 aromatic rings. The zero-order chi connectivity index (χ0) is 23.3. The monoisotopic (exact) mass is 448 g/mol. The van der Waals surface area contributed by atoms with Gasteiger partial charge in [0.05, 0.1) is 11.8 Å². The second-order valence-electron chi connectivity index (χ2n) is 8.82. The third-order valence-corrected chi connectivity index (χ3v) is 6.33. The highest BCUT2D eigenvalue weighted by Crippen LogP contribution is 2.45. The molecule has 0 N–H and O–H groups in total. The number of rotatable bonds is 3. The number of halogens is 2. The molecule has 0 spiro atoms. The van der Waals surface area contributed by atoms with Crippen LogP contribution in [0.5, 0.6) is 0 Å². The van der Waals surface area contributed by atoms with Crippen molar-refractivity contribution in [2.75, 3.05) is 0 Å². The molecule has 1 atom stereocenters. The fourth-order valence-electron chi connectivity index (χ4n) is 4.71. The van der Waals surface area contributed by atoms with E-state index in [0.717, 1.165) is 28.8 Å². The van der Waals surface area contributed by atoms with Gasteiger partial charge in [0.25, 0.3) is 5.91 Å². The summed E-state index contributed by atoms with van der Waals surface area (Å²) in [6.07, 6.45) is 3.78. The lowest BCUT2D eigenvalue weighted by atomic mass is 9.72. The summed E-state index contributed by atoms with van der Waals surface area (Å²) in [6.45, 7) is 4.42. The van der Waals surface area contributed by atoms with Crippen LogP contribution in [0.15, 0.2) is 65.4 Å². The van der Waals surface area contributed by atoms with Gasteiger partial charge in [-0.15, -0.1) is 0 Å². The molecule has 5 rings (SSSR count). The van der Waals surface area contributed by atoms with Crippen LogP contribution in [0.2, 0.25) is 0 Å². The Bertz CT molecular complexity index is 1360. The summed E-state index contributed by atoms with van der Waals surface area (Å²) >= 11 is 0. The number of aryl methyl sites for hydroxylation is 1. The van der Waals surface area contributed by atoms with E-state index in [2.05, 4.69) is 16.3 Å². The Morgan fingerprint density at radius 1 is 1.15 bits per heavy atom. The van der Waals surface area contributed by atoms with Crippen LogP contribution in [0.4, 0.5) is 8.78 Å². The van der Waals surface area contributed by atoms with Crippen LogP contribution in [-0.2, 0) is 13.6 Å². The van der Waals surface area contributed by atoms with Gasteiger partial charge in [0.1, 0.15) is 11.6 Å². The first-order chi connectivity index (χ1) is 15.8. The molecule has 0 aliphatic carbocycles. The first-order valence-electron chi connectivity index (χ1n) is 10.6. The number of hydrogen-bond acceptors (Lipinski definition) is 4. The van der Waals surface area contributed by atoms with Crippen LogP contribution < -0.4 is 0 Å². The maximum absolute atomic E-state index is 14.2. The van der Waals surface area contributed by atoms with E-state index in [9.17, 15) is 13.6 Å². The second kappa shape index (κ2) is 7.65. The normalized spacial score (nSPS) is 17.1. The van der Waals surface area contributed by atoms with E-state index in [1.165, 1.54) is 12.1 Å². The highest BCUT2D eigenvalue weighted by atomic mass is 19.1. The number of aromatic nitrogens is 3. The van der Waals surface area contributed by atoms with Crippen LogP contribution in [0, 0.1) is 11.6 Å². The minimum absolute atomic E-state index is 0.0411. The maximum Gasteiger partial charge on any atom is 0.276 e. The van der Waals surface area contributed by atoms with Gasteiger partial charge in [0, 0.05) is 43.4 Å². The van der Waals surface area contributed by atoms with Gasteiger partial charge in [-0.05, 0) is 42.7 Å². The summed E-state index contributed by atoms with van der Waals surface area (Å²) < 4.78 is 34.5. The molecular weight excluding hydrogens is 426 g/mol. The van der Waals surface area contributed by atoms with E-state index in [-0.39, 0.29) is 28.8 Å². The average Bonchev–Trinajstić information content (AvgIpc) is 3.42. The summed E-state index contributed by atoms with van der Waals surface area (Å²) in [5.41, 5.74) is 2.67. The topological polar surface area (TPSA) is 64.2 Å². The molecule has 0 saturated heterocycles. The number of carbonyl (C=O) groups excluding carboxylic acids is 1. The lowest BCUT2D eigenvalue weighted by Crippen LogP contribution is -2.54. The molecule has 6 nitrogen and oxygen atoms in total. The lowest BCUT2D eigenvalue weighted by molar-refractivity contribution is 0.0430. The van der Waals surface area contributed by atoms with Gasteiger partial charge < -0.3 is 9.42 Å². The average molecular weight is 448 g/mol. The van der Waals surface area contributed by atoms with Gasteiger partial charge in [-0.1, -0.05) is 29.4 Å². The number of benzene rings is 2. The zero-order valence-corrected chi connectivity index (χ0v) is 18.4. The van der Waals surface area contributed by atoms with E-state index < -0.39 is 17.2 Å². The van der Waals surface area contributed by atoms with Crippen LogP contribution in [0.1, 0.15) is 46.9 Å². The van der Waals surface area contributed by atoms with Gasteiger partial charge in [-0.25, -0.2) is 8.78 Å². The molecule has 0 radical (unpaired) electrons. The fraction of sp³-hybridized carbons (Fsp3) is 0.240. The molecule has 0 bridgehead atoms. The molecule has 33 heavy (non-hydrogen) atoms. The van der Waals surface area contributed by atoms with Crippen molar-refractivity contribution in [2.24, 2.45) is 7.05 Å². The number of carbonyl (C=O) groups is 1. The van der Waals surface area contributed by atoms with Gasteiger partial charge >= 0.3 is 0 Å². The Labute approximate surface area is 189 Å². The number of fused-ring (bicyclic) bond motifs is 1. The molecule has 1 unspecified atom stereocenters. The minimum atomic E-state index is -0.783. The van der Waals surface area contributed by atoms with Gasteiger partial charge in [0.2, 0.25) is 0 Å². The summed E-state index contributed by atoms with van der Waals surface area (Å²) in [6, 6.07) is 12.6. The smallest absolute Gasteiger partial charge is 0.276 e. The SMILES string of the molecule is Cn1cc(C2c3ccccc3CN(C(=O)c3cc(-c4ccc(F)cc4F)on3)C2(C)C)cn1. The van der Waals surface area contributed by atoms with Crippen molar-refractivity contribution in [3.05, 3.63) is 94.9 Å². The Hall–Kier alpha value is -3.81. The number of amides is 1. The van der Waals surface area contributed by atoms with Crippen LogP contribution in [0.3, 0.4) is 0 Å². The van der Waals surface area contributed by atoms with Crippen molar-refractivity contribution in [1.29, 1.82) is 0 Å². The van der Waals surface area contributed by atoms with Crippen molar-refractivity contribution < 1.29 is 18.1 Å². The molecule has 168 valence electrons. The van der Waals surface area contributed by atoms with E-state index >= 15 is 0 Å². The molecule has 0 saturated carbocycles. The largest absolute Gasteiger partial charge is 0.355 e. The standard InChI is InChI=1S/C25H22F2N4O2/c1-25(2)23(16-12-28-30(3)13-16)18-7-5-4-6-15(18)14-31(25)24(32)21-11-22(33-29-21)19-9-8-17(26)10-20(19)27/h4-13,23H,14H2,1-3H3. The molecule has 1 aliphatic heterocycles. The first-order valence-corrected chi connectivity index (χ1v) is 10.6. The van der Waals surface area contributed by atoms with Crippen molar-refractivity contribution in [1.82, 2.24) is 19.8 Å². The predicted molar refractivity (Wildman–Crippen MR) is 117 cm³/mol. The molecule has 3 heterocycles. The van der Waals surface area contributed by atoms with Crippen molar-refractivity contribution in [2.45, 2.75) is 31.8 Å². The van der Waals surface area contributed by atoms with E-state index in [1.807, 2.05) is 51.5 Å². The molecule has 2 aromatic carbocycles.